The molecule has 0 bridgehead atoms. The molecule has 4 fully saturated rings. The lowest BCUT2D eigenvalue weighted by Crippen LogP contribution is -2.62. The van der Waals surface area contributed by atoms with E-state index in [1.807, 2.05) is 0 Å². The Hall–Kier alpha value is -0.0194. The molecule has 5 aliphatic carbocycles. The quantitative estimate of drug-likeness (QED) is 0.250. The van der Waals surface area contributed by atoms with Gasteiger partial charge in [0.15, 0.2) is 22.4 Å². The van der Waals surface area contributed by atoms with Crippen molar-refractivity contribution in [3.63, 3.8) is 0 Å². The molecule has 6 heteroatoms. The molecule has 7 atom stereocenters. The molecule has 0 radical (unpaired) electrons. The Labute approximate surface area is 263 Å². The lowest BCUT2D eigenvalue weighted by Gasteiger charge is -2.63. The van der Waals surface area contributed by atoms with Crippen molar-refractivity contribution in [2.45, 2.75) is 180 Å². The molecule has 4 saturated carbocycles. The second kappa shape index (κ2) is 9.75. The van der Waals surface area contributed by atoms with Gasteiger partial charge in [0, 0.05) is 15.9 Å². The molecule has 0 aliphatic heterocycles. The van der Waals surface area contributed by atoms with Gasteiger partial charge in [-0.15, -0.1) is 0 Å². The molecule has 42 heavy (non-hydrogen) atoms. The van der Waals surface area contributed by atoms with Crippen LogP contribution < -0.4 is 0 Å². The van der Waals surface area contributed by atoms with Gasteiger partial charge in [-0.2, -0.15) is 0 Å². The Morgan fingerprint density at radius 1 is 0.833 bits per heavy atom. The van der Waals surface area contributed by atoms with E-state index in [9.17, 15) is 4.79 Å². The molecule has 0 aromatic heterocycles. The standard InChI is InChI=1S/C36H66O3Si3/c1-15-42(16-2,17-3)39-30-20-22-34-25-36(34,40(10,11)12)28(37)24-27(34)35(30)23-18-26-32(7,8)29(19-21-33(26,35)9)38-41(13,14)31(4,5)6/h24,26,29-30H,15-23,25H2,1-14H3/t26-,29-,30+,33-,34-,35+,36-/m1/s1. The van der Waals surface area contributed by atoms with E-state index in [4.69, 9.17) is 8.85 Å². The Balaban J connectivity index is 1.62. The van der Waals surface area contributed by atoms with Crippen LogP contribution in [0.4, 0.5) is 0 Å². The molecule has 2 spiro atoms. The maximum Gasteiger partial charge on any atom is 0.192 e. The van der Waals surface area contributed by atoms with Crippen LogP contribution in [0.1, 0.15) is 107 Å². The van der Waals surface area contributed by atoms with E-state index < -0.39 is 24.7 Å². The summed E-state index contributed by atoms with van der Waals surface area (Å²) >= 11 is 0. The highest BCUT2D eigenvalue weighted by Crippen LogP contribution is 2.89. The third kappa shape index (κ3) is 4.02. The minimum absolute atomic E-state index is 0.0134. The summed E-state index contributed by atoms with van der Waals surface area (Å²) < 4.78 is 15.0. The number of hydrogen-bond acceptors (Lipinski definition) is 3. The zero-order valence-corrected chi connectivity index (χ0v) is 33.1. The van der Waals surface area contributed by atoms with E-state index >= 15 is 0 Å². The largest absolute Gasteiger partial charge is 0.413 e. The highest BCUT2D eigenvalue weighted by molar-refractivity contribution is 6.84. The molecular weight excluding hydrogens is 565 g/mol. The van der Waals surface area contributed by atoms with Crippen molar-refractivity contribution in [3.05, 3.63) is 11.6 Å². The van der Waals surface area contributed by atoms with Crippen LogP contribution in [0.15, 0.2) is 11.6 Å². The van der Waals surface area contributed by atoms with Gasteiger partial charge in [-0.1, -0.05) is 87.5 Å². The van der Waals surface area contributed by atoms with Gasteiger partial charge >= 0.3 is 0 Å². The van der Waals surface area contributed by atoms with E-state index in [2.05, 4.69) is 101 Å². The summed E-state index contributed by atoms with van der Waals surface area (Å²) in [6.45, 7) is 34.3. The van der Waals surface area contributed by atoms with Crippen molar-refractivity contribution < 1.29 is 13.6 Å². The average Bonchev–Trinajstić information content (AvgIpc) is 3.37. The smallest absolute Gasteiger partial charge is 0.192 e. The van der Waals surface area contributed by atoms with Gasteiger partial charge < -0.3 is 8.85 Å². The second-order valence-electron chi connectivity index (χ2n) is 18.9. The third-order valence-electron chi connectivity index (χ3n) is 15.5. The van der Waals surface area contributed by atoms with Crippen molar-refractivity contribution in [3.8, 4) is 0 Å². The van der Waals surface area contributed by atoms with Crippen LogP contribution >= 0.6 is 0 Å². The third-order valence-corrected chi connectivity index (χ3v) is 28.1. The Bertz CT molecular complexity index is 1130. The Kier molecular flexibility index (Phi) is 7.74. The maximum absolute atomic E-state index is 14.3. The first-order valence-corrected chi connectivity index (χ1v) is 26.7. The van der Waals surface area contributed by atoms with E-state index in [1.54, 1.807) is 5.57 Å². The number of fused-ring (bicyclic) bond motifs is 3. The molecule has 3 nitrogen and oxygen atoms in total. The fourth-order valence-corrected chi connectivity index (χ4v) is 19.4. The number of ketones is 1. The molecule has 0 aromatic rings. The molecule has 5 rings (SSSR count). The van der Waals surface area contributed by atoms with Gasteiger partial charge in [0.05, 0.1) is 20.3 Å². The number of carbonyl (C=O) groups excluding carboxylic acids is 1. The van der Waals surface area contributed by atoms with Gasteiger partial charge in [-0.25, -0.2) is 0 Å². The van der Waals surface area contributed by atoms with E-state index in [-0.39, 0.29) is 37.8 Å². The van der Waals surface area contributed by atoms with Crippen LogP contribution in [-0.2, 0) is 13.6 Å². The van der Waals surface area contributed by atoms with Crippen LogP contribution in [0.5, 0.6) is 0 Å². The van der Waals surface area contributed by atoms with Crippen LogP contribution in [-0.4, -0.2) is 42.7 Å². The molecule has 0 unspecified atom stereocenters. The van der Waals surface area contributed by atoms with Gasteiger partial charge in [0.2, 0.25) is 0 Å². The molecule has 0 N–H and O–H groups in total. The minimum Gasteiger partial charge on any atom is -0.413 e. The van der Waals surface area contributed by atoms with Crippen molar-refractivity contribution in [2.75, 3.05) is 0 Å². The zero-order valence-electron chi connectivity index (χ0n) is 30.1. The van der Waals surface area contributed by atoms with Gasteiger partial charge in [0.25, 0.3) is 0 Å². The van der Waals surface area contributed by atoms with Crippen molar-refractivity contribution in [1.82, 2.24) is 0 Å². The summed E-state index contributed by atoms with van der Waals surface area (Å²) in [5.74, 6) is 1.08. The molecular formula is C36H66O3Si3. The fourth-order valence-electron chi connectivity index (χ4n) is 11.7. The summed E-state index contributed by atoms with van der Waals surface area (Å²) in [5, 5.41) is 0.152. The van der Waals surface area contributed by atoms with Gasteiger partial charge in [-0.3, -0.25) is 4.79 Å². The van der Waals surface area contributed by atoms with E-state index in [0.29, 0.717) is 17.8 Å². The number of allylic oxidation sites excluding steroid dienone is 1. The second-order valence-corrected chi connectivity index (χ2v) is 33.8. The highest BCUT2D eigenvalue weighted by atomic mass is 28.4. The highest BCUT2D eigenvalue weighted by Gasteiger charge is 2.85. The van der Waals surface area contributed by atoms with E-state index in [1.165, 1.54) is 43.8 Å². The summed E-state index contributed by atoms with van der Waals surface area (Å²) in [4.78, 5) is 14.3. The molecule has 5 aliphatic rings. The summed E-state index contributed by atoms with van der Waals surface area (Å²) in [7, 11) is -5.45. The molecule has 0 saturated heterocycles. The van der Waals surface area contributed by atoms with Crippen LogP contribution in [0.3, 0.4) is 0 Å². The van der Waals surface area contributed by atoms with Crippen LogP contribution in [0.2, 0.25) is 60.9 Å². The van der Waals surface area contributed by atoms with Crippen molar-refractivity contribution >= 4 is 30.5 Å². The van der Waals surface area contributed by atoms with Crippen molar-refractivity contribution in [2.24, 2.45) is 27.6 Å². The summed E-state index contributed by atoms with van der Waals surface area (Å²) in [6.07, 6.45) is 11.0. The van der Waals surface area contributed by atoms with Gasteiger partial charge in [0.1, 0.15) is 0 Å². The average molecular weight is 631 g/mol. The molecule has 0 aromatic carbocycles. The Morgan fingerprint density at radius 2 is 1.40 bits per heavy atom. The first-order valence-electron chi connectivity index (χ1n) is 17.7. The van der Waals surface area contributed by atoms with Crippen LogP contribution in [0, 0.1) is 27.6 Å². The molecule has 0 amide bonds. The zero-order chi connectivity index (χ0) is 31.6. The Morgan fingerprint density at radius 3 is 1.90 bits per heavy atom. The normalized spacial score (nSPS) is 41.4. The number of hydrogen-bond donors (Lipinski definition) is 0. The predicted octanol–water partition coefficient (Wildman–Crippen LogP) is 10.8. The first-order chi connectivity index (χ1) is 19.1. The SMILES string of the molecule is CC[Si](CC)(CC)O[C@H]1CC[C@]23C[C@@]2([Si](C)(C)C)C(=O)C=C3[C@@]12CC[C@@H]1C(C)(C)[C@H](O[Si](C)(C)C(C)(C)C)CC[C@]12C. The number of rotatable bonds is 8. The fraction of sp³-hybridized carbons (Fsp3) is 0.917. The minimum atomic E-state index is -1.89. The summed E-state index contributed by atoms with van der Waals surface area (Å²) in [5.41, 5.74) is 1.93. The molecule has 240 valence electrons. The first kappa shape index (κ1) is 33.3. The van der Waals surface area contributed by atoms with E-state index in [0.717, 1.165) is 19.3 Å². The lowest BCUT2D eigenvalue weighted by molar-refractivity contribution is -0.136. The maximum atomic E-state index is 14.3. The van der Waals surface area contributed by atoms with Gasteiger partial charge in [-0.05, 0) is 104 Å². The number of carbonyl (C=O) groups is 1. The predicted molar refractivity (Wildman–Crippen MR) is 186 cm³/mol. The summed E-state index contributed by atoms with van der Waals surface area (Å²) in [6, 6.07) is 3.59. The monoisotopic (exact) mass is 630 g/mol. The lowest BCUT2D eigenvalue weighted by atomic mass is 9.45. The van der Waals surface area contributed by atoms with Crippen LogP contribution in [0.25, 0.3) is 0 Å². The molecule has 0 heterocycles. The van der Waals surface area contributed by atoms with Crippen molar-refractivity contribution in [1.29, 1.82) is 0 Å². The topological polar surface area (TPSA) is 35.5 Å².